The van der Waals surface area contributed by atoms with Crippen molar-refractivity contribution < 1.29 is 9.53 Å². The number of rotatable bonds is 6. The van der Waals surface area contributed by atoms with Gasteiger partial charge in [-0.3, -0.25) is 4.79 Å². The number of carbonyl (C=O) groups is 1. The molecule has 6 heteroatoms. The van der Waals surface area contributed by atoms with E-state index in [1.807, 2.05) is 13.8 Å². The summed E-state index contributed by atoms with van der Waals surface area (Å²) in [4.78, 5) is 10.8. The molecule has 15 heavy (non-hydrogen) atoms. The fraction of sp³-hybridized carbons (Fsp3) is 0.778. The highest BCUT2D eigenvalue weighted by Crippen LogP contribution is 2.06. The fourth-order valence-corrected chi connectivity index (χ4v) is 1.48. The lowest BCUT2D eigenvalue weighted by Gasteiger charge is -2.26. The molecular formula is C9H19N3O2S. The topological polar surface area (TPSA) is 76.4 Å². The molecule has 0 aliphatic heterocycles. The van der Waals surface area contributed by atoms with Gasteiger partial charge in [-0.1, -0.05) is 0 Å². The number of carbonyl (C=O) groups excluding carboxylic acids is 1. The molecule has 1 amide bonds. The van der Waals surface area contributed by atoms with Crippen LogP contribution in [-0.4, -0.2) is 36.8 Å². The molecule has 0 aromatic heterocycles. The quantitative estimate of drug-likeness (QED) is 0.436. The minimum absolute atomic E-state index is 0.235. The lowest BCUT2D eigenvalue weighted by Crippen LogP contribution is -2.50. The third kappa shape index (κ3) is 8.14. The highest BCUT2D eigenvalue weighted by Gasteiger charge is 2.20. The minimum Gasteiger partial charge on any atom is -0.383 e. The van der Waals surface area contributed by atoms with Crippen molar-refractivity contribution in [2.45, 2.75) is 25.8 Å². The number of nitrogens with two attached hydrogens (primary N) is 1. The van der Waals surface area contributed by atoms with Crippen LogP contribution in [0.2, 0.25) is 0 Å². The van der Waals surface area contributed by atoms with Gasteiger partial charge in [0, 0.05) is 25.6 Å². The number of hydrogen-bond acceptors (Lipinski definition) is 3. The van der Waals surface area contributed by atoms with Gasteiger partial charge in [0.05, 0.1) is 6.61 Å². The van der Waals surface area contributed by atoms with Gasteiger partial charge in [0.1, 0.15) is 0 Å². The first-order valence-corrected chi connectivity index (χ1v) is 5.11. The van der Waals surface area contributed by atoms with Crippen molar-refractivity contribution in [2.24, 2.45) is 5.73 Å². The summed E-state index contributed by atoms with van der Waals surface area (Å²) in [5.74, 6) is -0.354. The fourth-order valence-electron chi connectivity index (χ4n) is 1.10. The molecule has 0 radical (unpaired) electrons. The summed E-state index contributed by atoms with van der Waals surface area (Å²) in [7, 11) is 1.62. The lowest BCUT2D eigenvalue weighted by atomic mass is 10.0. The molecule has 0 unspecified atom stereocenters. The van der Waals surface area contributed by atoms with Crippen LogP contribution in [0.4, 0.5) is 0 Å². The Morgan fingerprint density at radius 3 is 2.60 bits per heavy atom. The second-order valence-electron chi connectivity index (χ2n) is 3.90. The summed E-state index contributed by atoms with van der Waals surface area (Å²) in [5, 5.41) is 6.47. The van der Waals surface area contributed by atoms with Crippen LogP contribution in [0.5, 0.6) is 0 Å². The summed E-state index contributed by atoms with van der Waals surface area (Å²) in [6, 6.07) is 0. The Labute approximate surface area is 95.7 Å². The van der Waals surface area contributed by atoms with Crippen LogP contribution in [0.3, 0.4) is 0 Å². The van der Waals surface area contributed by atoms with Gasteiger partial charge in [-0.25, -0.2) is 0 Å². The molecule has 0 saturated carbocycles. The van der Waals surface area contributed by atoms with E-state index < -0.39 is 5.54 Å². The highest BCUT2D eigenvalue weighted by molar-refractivity contribution is 7.80. The number of nitrogens with one attached hydrogen (secondary N) is 2. The summed E-state index contributed by atoms with van der Waals surface area (Å²) in [6.07, 6.45) is 0.235. The molecule has 0 atom stereocenters. The number of hydrogen-bond donors (Lipinski definition) is 3. The van der Waals surface area contributed by atoms with Crippen LogP contribution >= 0.6 is 12.2 Å². The van der Waals surface area contributed by atoms with E-state index >= 15 is 0 Å². The second-order valence-corrected chi connectivity index (χ2v) is 4.31. The first-order valence-electron chi connectivity index (χ1n) is 4.70. The maximum Gasteiger partial charge on any atom is 0.219 e. The molecule has 4 N–H and O–H groups in total. The molecule has 0 aromatic carbocycles. The Morgan fingerprint density at radius 2 is 2.13 bits per heavy atom. The van der Waals surface area contributed by atoms with Crippen LogP contribution in [-0.2, 0) is 9.53 Å². The Bertz CT molecular complexity index is 231. The predicted molar refractivity (Wildman–Crippen MR) is 63.5 cm³/mol. The van der Waals surface area contributed by atoms with E-state index in [0.29, 0.717) is 18.3 Å². The van der Waals surface area contributed by atoms with Gasteiger partial charge in [-0.05, 0) is 26.1 Å². The maximum absolute atomic E-state index is 10.8. The number of thiocarbonyl (C=S) groups is 1. The standard InChI is InChI=1S/C9H19N3O2S/c1-9(2,6-7(10)13)12-8(15)11-4-5-14-3/h4-6H2,1-3H3,(H2,10,13)(H2,11,12,15). The molecule has 0 heterocycles. The Hall–Kier alpha value is -0.880. The first-order chi connectivity index (χ1) is 6.87. The SMILES string of the molecule is COCCNC(=S)NC(C)(C)CC(N)=O. The van der Waals surface area contributed by atoms with E-state index in [-0.39, 0.29) is 12.3 Å². The molecule has 0 fully saturated rings. The average molecular weight is 233 g/mol. The van der Waals surface area contributed by atoms with Crippen molar-refractivity contribution in [2.75, 3.05) is 20.3 Å². The van der Waals surface area contributed by atoms with Crippen molar-refractivity contribution in [1.29, 1.82) is 0 Å². The number of primary amides is 1. The maximum atomic E-state index is 10.8. The molecule has 0 aliphatic rings. The van der Waals surface area contributed by atoms with E-state index in [2.05, 4.69) is 10.6 Å². The van der Waals surface area contributed by atoms with Gasteiger partial charge in [-0.15, -0.1) is 0 Å². The van der Waals surface area contributed by atoms with Crippen molar-refractivity contribution >= 4 is 23.2 Å². The van der Waals surface area contributed by atoms with Gasteiger partial charge in [0.15, 0.2) is 5.11 Å². The Balaban J connectivity index is 3.88. The molecule has 0 aromatic rings. The van der Waals surface area contributed by atoms with Gasteiger partial charge in [0.25, 0.3) is 0 Å². The normalized spacial score (nSPS) is 10.9. The van der Waals surface area contributed by atoms with Gasteiger partial charge in [0.2, 0.25) is 5.91 Å². The zero-order valence-electron chi connectivity index (χ0n) is 9.42. The number of methoxy groups -OCH3 is 1. The Kier molecular flexibility index (Phi) is 6.19. The average Bonchev–Trinajstić information content (AvgIpc) is 2.00. The number of amides is 1. The van der Waals surface area contributed by atoms with Crippen molar-refractivity contribution in [3.05, 3.63) is 0 Å². The summed E-state index contributed by atoms with van der Waals surface area (Å²) >= 11 is 5.04. The smallest absolute Gasteiger partial charge is 0.219 e. The summed E-state index contributed by atoms with van der Waals surface area (Å²) in [5.41, 5.74) is 4.69. The Morgan fingerprint density at radius 1 is 1.53 bits per heavy atom. The van der Waals surface area contributed by atoms with E-state index in [0.717, 1.165) is 0 Å². The second kappa shape index (κ2) is 6.58. The monoisotopic (exact) mass is 233 g/mol. The van der Waals surface area contributed by atoms with E-state index in [1.54, 1.807) is 7.11 Å². The van der Waals surface area contributed by atoms with Crippen molar-refractivity contribution in [3.8, 4) is 0 Å². The molecular weight excluding hydrogens is 214 g/mol. The zero-order valence-corrected chi connectivity index (χ0v) is 10.2. The third-order valence-electron chi connectivity index (χ3n) is 1.66. The lowest BCUT2D eigenvalue weighted by molar-refractivity contribution is -0.119. The molecule has 0 rings (SSSR count). The van der Waals surface area contributed by atoms with E-state index in [4.69, 9.17) is 22.7 Å². The molecule has 88 valence electrons. The molecule has 0 spiro atoms. The van der Waals surface area contributed by atoms with Crippen LogP contribution in [0.1, 0.15) is 20.3 Å². The van der Waals surface area contributed by atoms with Gasteiger partial charge >= 0.3 is 0 Å². The van der Waals surface area contributed by atoms with Crippen molar-refractivity contribution in [3.63, 3.8) is 0 Å². The predicted octanol–water partition coefficient (Wildman–Crippen LogP) is -0.249. The summed E-state index contributed by atoms with van der Waals surface area (Å²) < 4.78 is 4.86. The molecule has 0 aliphatic carbocycles. The summed E-state index contributed by atoms with van der Waals surface area (Å²) in [6.45, 7) is 4.94. The van der Waals surface area contributed by atoms with Gasteiger partial charge in [-0.2, -0.15) is 0 Å². The largest absolute Gasteiger partial charge is 0.383 e. The zero-order chi connectivity index (χ0) is 11.9. The molecule has 0 bridgehead atoms. The molecule has 0 saturated heterocycles. The highest BCUT2D eigenvalue weighted by atomic mass is 32.1. The van der Waals surface area contributed by atoms with Crippen LogP contribution in [0.15, 0.2) is 0 Å². The molecule has 5 nitrogen and oxygen atoms in total. The van der Waals surface area contributed by atoms with E-state index in [9.17, 15) is 4.79 Å². The third-order valence-corrected chi connectivity index (χ3v) is 1.91. The number of ether oxygens (including phenoxy) is 1. The minimum atomic E-state index is -0.428. The van der Waals surface area contributed by atoms with Crippen LogP contribution < -0.4 is 16.4 Å². The van der Waals surface area contributed by atoms with E-state index in [1.165, 1.54) is 0 Å². The van der Waals surface area contributed by atoms with Gasteiger partial charge < -0.3 is 21.1 Å². The van der Waals surface area contributed by atoms with Crippen LogP contribution in [0, 0.1) is 0 Å². The van der Waals surface area contributed by atoms with Crippen molar-refractivity contribution in [1.82, 2.24) is 10.6 Å². The van der Waals surface area contributed by atoms with Crippen LogP contribution in [0.25, 0.3) is 0 Å². The first kappa shape index (κ1) is 14.1.